The summed E-state index contributed by atoms with van der Waals surface area (Å²) < 4.78 is 0. The summed E-state index contributed by atoms with van der Waals surface area (Å²) in [6, 6.07) is 0. The number of carbonyl (C=O) groups excluding carboxylic acids is 1. The van der Waals surface area contributed by atoms with Gasteiger partial charge in [-0.1, -0.05) is 39.0 Å². The van der Waals surface area contributed by atoms with E-state index in [4.69, 9.17) is 0 Å². The number of unbranched alkanes of at least 4 members (excludes halogenated alkanes) is 5. The van der Waals surface area contributed by atoms with Gasteiger partial charge in [-0.05, 0) is 13.5 Å². The molecule has 2 N–H and O–H groups in total. The van der Waals surface area contributed by atoms with Crippen molar-refractivity contribution in [2.24, 2.45) is 0 Å². The van der Waals surface area contributed by atoms with Crippen molar-refractivity contribution in [2.75, 3.05) is 20.1 Å². The fourth-order valence-corrected chi connectivity index (χ4v) is 1.36. The normalized spacial score (nSPS) is 10.1. The lowest BCUT2D eigenvalue weighted by atomic mass is 10.1. The second-order valence-corrected chi connectivity index (χ2v) is 3.65. The number of hydrogen-bond acceptors (Lipinski definition) is 2. The van der Waals surface area contributed by atoms with Gasteiger partial charge in [-0.15, -0.1) is 0 Å². The molecule has 0 rings (SSSR count). The molecule has 1 amide bonds. The van der Waals surface area contributed by atoms with E-state index < -0.39 is 0 Å². The molecule has 0 bridgehead atoms. The van der Waals surface area contributed by atoms with Crippen molar-refractivity contribution >= 4 is 5.91 Å². The van der Waals surface area contributed by atoms with Gasteiger partial charge in [0.2, 0.25) is 5.91 Å². The van der Waals surface area contributed by atoms with Gasteiger partial charge in [0.1, 0.15) is 0 Å². The van der Waals surface area contributed by atoms with Crippen LogP contribution in [0.4, 0.5) is 0 Å². The van der Waals surface area contributed by atoms with E-state index in [1.807, 2.05) is 0 Å². The zero-order valence-corrected chi connectivity index (χ0v) is 9.57. The molecule has 0 saturated heterocycles. The van der Waals surface area contributed by atoms with Crippen LogP contribution in [0.3, 0.4) is 0 Å². The molecule has 0 unspecified atom stereocenters. The topological polar surface area (TPSA) is 41.1 Å². The number of rotatable bonds is 9. The number of carbonyl (C=O) groups is 1. The van der Waals surface area contributed by atoms with Gasteiger partial charge in [0.25, 0.3) is 0 Å². The quantitative estimate of drug-likeness (QED) is 0.556. The minimum absolute atomic E-state index is 0.0982. The lowest BCUT2D eigenvalue weighted by Gasteiger charge is -2.04. The smallest absolute Gasteiger partial charge is 0.233 e. The molecule has 0 aliphatic carbocycles. The zero-order chi connectivity index (χ0) is 10.6. The zero-order valence-electron chi connectivity index (χ0n) is 9.57. The standard InChI is InChI=1S/C11H24N2O/c1-3-4-5-6-7-8-9-13-11(14)10-12-2/h12H,3-10H2,1-2H3,(H,13,14). The lowest BCUT2D eigenvalue weighted by molar-refractivity contribution is -0.120. The van der Waals surface area contributed by atoms with Crippen LogP contribution in [0.15, 0.2) is 0 Å². The van der Waals surface area contributed by atoms with Gasteiger partial charge in [-0.3, -0.25) is 4.79 Å². The second kappa shape index (κ2) is 10.5. The van der Waals surface area contributed by atoms with Crippen LogP contribution in [0.1, 0.15) is 45.4 Å². The Morgan fingerprint density at radius 1 is 1.07 bits per heavy atom. The van der Waals surface area contributed by atoms with Gasteiger partial charge >= 0.3 is 0 Å². The highest BCUT2D eigenvalue weighted by molar-refractivity contribution is 5.77. The van der Waals surface area contributed by atoms with Crippen LogP contribution in [0.5, 0.6) is 0 Å². The Kier molecular flexibility index (Phi) is 10.1. The predicted molar refractivity (Wildman–Crippen MR) is 60.3 cm³/mol. The van der Waals surface area contributed by atoms with E-state index in [0.29, 0.717) is 6.54 Å². The van der Waals surface area contributed by atoms with Gasteiger partial charge in [0, 0.05) is 6.54 Å². The van der Waals surface area contributed by atoms with E-state index in [2.05, 4.69) is 17.6 Å². The van der Waals surface area contributed by atoms with Gasteiger partial charge in [0.15, 0.2) is 0 Å². The molecule has 14 heavy (non-hydrogen) atoms. The Hall–Kier alpha value is -0.570. The summed E-state index contributed by atoms with van der Waals surface area (Å²) in [5, 5.41) is 5.70. The third kappa shape index (κ3) is 9.52. The second-order valence-electron chi connectivity index (χ2n) is 3.65. The summed E-state index contributed by atoms with van der Waals surface area (Å²) in [6.45, 7) is 3.47. The Bertz CT molecular complexity index is 137. The summed E-state index contributed by atoms with van der Waals surface area (Å²) >= 11 is 0. The Morgan fingerprint density at radius 2 is 1.71 bits per heavy atom. The fraction of sp³-hybridized carbons (Fsp3) is 0.909. The molecule has 0 radical (unpaired) electrons. The first kappa shape index (κ1) is 13.4. The SMILES string of the molecule is CCCCCCCCNC(=O)CNC. The number of amides is 1. The average molecular weight is 200 g/mol. The molecule has 0 aliphatic heterocycles. The van der Waals surface area contributed by atoms with E-state index in [9.17, 15) is 4.79 Å². The molecule has 0 spiro atoms. The van der Waals surface area contributed by atoms with Gasteiger partial charge in [-0.25, -0.2) is 0 Å². The molecule has 0 atom stereocenters. The van der Waals surface area contributed by atoms with E-state index >= 15 is 0 Å². The molecular formula is C11H24N2O. The van der Waals surface area contributed by atoms with Crippen LogP contribution in [0.25, 0.3) is 0 Å². The molecule has 0 saturated carbocycles. The lowest BCUT2D eigenvalue weighted by Crippen LogP contribution is -2.32. The molecule has 3 nitrogen and oxygen atoms in total. The maximum atomic E-state index is 11.0. The first-order chi connectivity index (χ1) is 6.81. The van der Waals surface area contributed by atoms with Crippen molar-refractivity contribution in [1.29, 1.82) is 0 Å². The van der Waals surface area contributed by atoms with Crippen LogP contribution >= 0.6 is 0 Å². The van der Waals surface area contributed by atoms with Crippen molar-refractivity contribution in [3.8, 4) is 0 Å². The number of nitrogens with one attached hydrogen (secondary N) is 2. The molecule has 84 valence electrons. The first-order valence-corrected chi connectivity index (χ1v) is 5.72. The van der Waals surface area contributed by atoms with Crippen LogP contribution in [-0.4, -0.2) is 26.0 Å². The Labute approximate surface area is 87.6 Å². The minimum Gasteiger partial charge on any atom is -0.355 e. The third-order valence-corrected chi connectivity index (χ3v) is 2.19. The summed E-state index contributed by atoms with van der Waals surface area (Å²) in [5.74, 6) is 0.0982. The van der Waals surface area contributed by atoms with E-state index in [1.165, 1.54) is 32.1 Å². The van der Waals surface area contributed by atoms with Crippen molar-refractivity contribution < 1.29 is 4.79 Å². The van der Waals surface area contributed by atoms with Crippen LogP contribution in [0.2, 0.25) is 0 Å². The maximum Gasteiger partial charge on any atom is 0.233 e. The summed E-state index contributed by atoms with van der Waals surface area (Å²) in [5.41, 5.74) is 0. The number of likely N-dealkylation sites (N-methyl/N-ethyl adjacent to an activating group) is 1. The van der Waals surface area contributed by atoms with Gasteiger partial charge < -0.3 is 10.6 Å². The fourth-order valence-electron chi connectivity index (χ4n) is 1.36. The minimum atomic E-state index is 0.0982. The highest BCUT2D eigenvalue weighted by Crippen LogP contribution is 2.03. The Balaban J connectivity index is 3.01. The molecule has 0 aromatic carbocycles. The summed E-state index contributed by atoms with van der Waals surface area (Å²) in [4.78, 5) is 11.0. The predicted octanol–water partition coefficient (Wildman–Crippen LogP) is 1.68. The van der Waals surface area contributed by atoms with E-state index in [1.54, 1.807) is 7.05 Å². The molecular weight excluding hydrogens is 176 g/mol. The third-order valence-electron chi connectivity index (χ3n) is 2.19. The van der Waals surface area contributed by atoms with Crippen molar-refractivity contribution in [2.45, 2.75) is 45.4 Å². The van der Waals surface area contributed by atoms with Crippen molar-refractivity contribution in [3.63, 3.8) is 0 Å². The monoisotopic (exact) mass is 200 g/mol. The van der Waals surface area contributed by atoms with Crippen molar-refractivity contribution in [1.82, 2.24) is 10.6 Å². The van der Waals surface area contributed by atoms with Crippen LogP contribution in [-0.2, 0) is 4.79 Å². The Morgan fingerprint density at radius 3 is 2.36 bits per heavy atom. The van der Waals surface area contributed by atoms with Crippen LogP contribution in [0, 0.1) is 0 Å². The highest BCUT2D eigenvalue weighted by atomic mass is 16.1. The molecule has 0 aliphatic rings. The van der Waals surface area contributed by atoms with Gasteiger partial charge in [0.05, 0.1) is 6.54 Å². The molecule has 0 aromatic heterocycles. The molecule has 0 aromatic rings. The molecule has 0 heterocycles. The highest BCUT2D eigenvalue weighted by Gasteiger charge is 1.96. The number of hydrogen-bond donors (Lipinski definition) is 2. The van der Waals surface area contributed by atoms with Crippen molar-refractivity contribution in [3.05, 3.63) is 0 Å². The van der Waals surface area contributed by atoms with E-state index in [0.717, 1.165) is 13.0 Å². The first-order valence-electron chi connectivity index (χ1n) is 5.72. The maximum absolute atomic E-state index is 11.0. The van der Waals surface area contributed by atoms with Crippen LogP contribution < -0.4 is 10.6 Å². The largest absolute Gasteiger partial charge is 0.355 e. The summed E-state index contributed by atoms with van der Waals surface area (Å²) in [7, 11) is 1.78. The average Bonchev–Trinajstić information content (AvgIpc) is 2.17. The van der Waals surface area contributed by atoms with E-state index in [-0.39, 0.29) is 5.91 Å². The molecule has 3 heteroatoms. The summed E-state index contributed by atoms with van der Waals surface area (Å²) in [6.07, 6.45) is 7.61. The van der Waals surface area contributed by atoms with Gasteiger partial charge in [-0.2, -0.15) is 0 Å². The molecule has 0 fully saturated rings.